The Bertz CT molecular complexity index is 2210. The van der Waals surface area contributed by atoms with Gasteiger partial charge in [0.2, 0.25) is 0 Å². The van der Waals surface area contributed by atoms with Crippen molar-refractivity contribution >= 4 is 37.9 Å². The molecule has 0 N–H and O–H groups in total. The molecule has 0 heterocycles. The van der Waals surface area contributed by atoms with Crippen LogP contribution in [0.4, 0.5) is 0 Å². The van der Waals surface area contributed by atoms with Crippen molar-refractivity contribution in [3.8, 4) is 33.4 Å². The monoisotopic (exact) mass is 562 g/mol. The molecule has 0 aromatic heterocycles. The van der Waals surface area contributed by atoms with Gasteiger partial charge >= 0.3 is 0 Å². The SMILES string of the molecule is CC1=C(c2cc(-c3c4ccccc4c(-c4ccc(-c5cccc6ccccc56)cc4)c4ccccc34)ccc2C)C=CCC1. The maximum absolute atomic E-state index is 2.43. The lowest BCUT2D eigenvalue weighted by Crippen LogP contribution is -1.96. The van der Waals surface area contributed by atoms with E-state index in [0.29, 0.717) is 0 Å². The Balaban J connectivity index is 1.33. The fraction of sp³-hybridized carbons (Fsp3) is 0.0909. The fourth-order valence-corrected chi connectivity index (χ4v) is 7.21. The van der Waals surface area contributed by atoms with Gasteiger partial charge in [-0.05, 0) is 115 Å². The summed E-state index contributed by atoms with van der Waals surface area (Å²) in [5.41, 5.74) is 13.2. The fourth-order valence-electron chi connectivity index (χ4n) is 7.21. The number of hydrogen-bond acceptors (Lipinski definition) is 0. The zero-order valence-corrected chi connectivity index (χ0v) is 25.3. The van der Waals surface area contributed by atoms with Crippen LogP contribution < -0.4 is 0 Å². The highest BCUT2D eigenvalue weighted by molar-refractivity contribution is 6.21. The molecule has 0 aliphatic heterocycles. The van der Waals surface area contributed by atoms with Gasteiger partial charge in [-0.25, -0.2) is 0 Å². The van der Waals surface area contributed by atoms with Gasteiger partial charge in [0.05, 0.1) is 0 Å². The molecule has 0 unspecified atom stereocenters. The van der Waals surface area contributed by atoms with E-state index >= 15 is 0 Å². The van der Waals surface area contributed by atoms with Gasteiger partial charge in [-0.15, -0.1) is 0 Å². The Labute approximate surface area is 259 Å². The number of hydrogen-bond donors (Lipinski definition) is 0. The van der Waals surface area contributed by atoms with Crippen LogP contribution in [0.25, 0.3) is 71.3 Å². The third kappa shape index (κ3) is 4.38. The van der Waals surface area contributed by atoms with Crippen molar-refractivity contribution in [2.24, 2.45) is 0 Å². The molecule has 8 rings (SSSR count). The molecule has 0 heteroatoms. The van der Waals surface area contributed by atoms with Crippen LogP contribution in [0.15, 0.2) is 151 Å². The van der Waals surface area contributed by atoms with Crippen LogP contribution in [0.3, 0.4) is 0 Å². The van der Waals surface area contributed by atoms with Crippen LogP contribution in [-0.2, 0) is 0 Å². The van der Waals surface area contributed by atoms with Crippen molar-refractivity contribution in [3.05, 3.63) is 162 Å². The van der Waals surface area contributed by atoms with Crippen LogP contribution in [0.1, 0.15) is 30.9 Å². The summed E-state index contributed by atoms with van der Waals surface area (Å²) in [7, 11) is 0. The van der Waals surface area contributed by atoms with Crippen molar-refractivity contribution in [2.45, 2.75) is 26.7 Å². The van der Waals surface area contributed by atoms with E-state index in [1.54, 1.807) is 0 Å². The van der Waals surface area contributed by atoms with Crippen molar-refractivity contribution in [1.82, 2.24) is 0 Å². The molecule has 210 valence electrons. The Morgan fingerprint density at radius 1 is 0.455 bits per heavy atom. The average Bonchev–Trinajstić information content (AvgIpc) is 3.08. The molecule has 0 fully saturated rings. The first-order valence-corrected chi connectivity index (χ1v) is 15.7. The molecule has 0 nitrogen and oxygen atoms in total. The van der Waals surface area contributed by atoms with E-state index in [1.807, 2.05) is 0 Å². The van der Waals surface area contributed by atoms with Gasteiger partial charge in [0.15, 0.2) is 0 Å². The number of rotatable bonds is 4. The third-order valence-electron chi connectivity index (χ3n) is 9.45. The smallest absolute Gasteiger partial charge is 0.00262 e. The van der Waals surface area contributed by atoms with E-state index in [4.69, 9.17) is 0 Å². The second kappa shape index (κ2) is 10.8. The molecule has 1 aliphatic carbocycles. The van der Waals surface area contributed by atoms with Gasteiger partial charge in [0, 0.05) is 0 Å². The Morgan fingerprint density at radius 2 is 1.00 bits per heavy atom. The number of fused-ring (bicyclic) bond motifs is 3. The quantitative estimate of drug-likeness (QED) is 0.187. The minimum Gasteiger partial charge on any atom is -0.0836 e. The largest absolute Gasteiger partial charge is 0.0836 e. The predicted octanol–water partition coefficient (Wildman–Crippen LogP) is 12.6. The average molecular weight is 563 g/mol. The summed E-state index contributed by atoms with van der Waals surface area (Å²) in [5.74, 6) is 0. The molecule has 0 radical (unpaired) electrons. The van der Waals surface area contributed by atoms with E-state index < -0.39 is 0 Å². The van der Waals surface area contributed by atoms with Crippen LogP contribution in [0.5, 0.6) is 0 Å². The minimum absolute atomic E-state index is 1.13. The Hall–Kier alpha value is -5.20. The van der Waals surface area contributed by atoms with Gasteiger partial charge in [0.25, 0.3) is 0 Å². The summed E-state index contributed by atoms with van der Waals surface area (Å²) in [5, 5.41) is 7.71. The van der Waals surface area contributed by atoms with Crippen molar-refractivity contribution in [1.29, 1.82) is 0 Å². The summed E-state index contributed by atoms with van der Waals surface area (Å²) in [6.07, 6.45) is 6.91. The second-order valence-corrected chi connectivity index (χ2v) is 12.1. The van der Waals surface area contributed by atoms with Crippen LogP contribution >= 0.6 is 0 Å². The number of aryl methyl sites for hydroxylation is 1. The maximum Gasteiger partial charge on any atom is -0.00262 e. The molecule has 0 amide bonds. The number of allylic oxidation sites excluding steroid dienone is 4. The van der Waals surface area contributed by atoms with E-state index in [0.717, 1.165) is 12.8 Å². The van der Waals surface area contributed by atoms with Gasteiger partial charge in [-0.1, -0.05) is 145 Å². The highest BCUT2D eigenvalue weighted by atomic mass is 14.2. The molecule has 0 atom stereocenters. The molecular weight excluding hydrogens is 528 g/mol. The first-order chi connectivity index (χ1) is 21.7. The lowest BCUT2D eigenvalue weighted by Gasteiger charge is -2.20. The lowest BCUT2D eigenvalue weighted by molar-refractivity contribution is 0.967. The second-order valence-electron chi connectivity index (χ2n) is 12.1. The Kier molecular flexibility index (Phi) is 6.50. The van der Waals surface area contributed by atoms with Gasteiger partial charge in [-0.2, -0.15) is 0 Å². The standard InChI is InChI=1S/C44H34/c1-29-12-3-5-15-35(29)42-28-34(23-22-30(42)2)44-40-19-9-7-17-38(40)43(39-18-8-10-20-41(39)44)33-26-24-32(25-27-33)37-21-11-14-31-13-4-6-16-36(31)37/h4-11,13-28H,3,12H2,1-2H3. The molecule has 0 spiro atoms. The van der Waals surface area contributed by atoms with Crippen molar-refractivity contribution in [2.75, 3.05) is 0 Å². The molecule has 1 aliphatic rings. The minimum atomic E-state index is 1.13. The summed E-state index contributed by atoms with van der Waals surface area (Å²) >= 11 is 0. The van der Waals surface area contributed by atoms with E-state index in [1.165, 1.54) is 88.0 Å². The summed E-state index contributed by atoms with van der Waals surface area (Å²) in [6.45, 7) is 4.53. The molecule has 44 heavy (non-hydrogen) atoms. The Morgan fingerprint density at radius 3 is 1.66 bits per heavy atom. The highest BCUT2D eigenvalue weighted by Gasteiger charge is 2.18. The van der Waals surface area contributed by atoms with Gasteiger partial charge in [0.1, 0.15) is 0 Å². The summed E-state index contributed by atoms with van der Waals surface area (Å²) in [6, 6.07) is 49.4. The normalized spacial score (nSPS) is 13.3. The highest BCUT2D eigenvalue weighted by Crippen LogP contribution is 2.45. The third-order valence-corrected chi connectivity index (χ3v) is 9.45. The van der Waals surface area contributed by atoms with Crippen molar-refractivity contribution < 1.29 is 0 Å². The van der Waals surface area contributed by atoms with Gasteiger partial charge in [-0.3, -0.25) is 0 Å². The van der Waals surface area contributed by atoms with Crippen LogP contribution in [-0.4, -0.2) is 0 Å². The molecule has 0 saturated heterocycles. The zero-order chi connectivity index (χ0) is 29.6. The first kappa shape index (κ1) is 26.4. The van der Waals surface area contributed by atoms with Crippen molar-refractivity contribution in [3.63, 3.8) is 0 Å². The summed E-state index contributed by atoms with van der Waals surface area (Å²) in [4.78, 5) is 0. The number of benzene rings is 7. The molecular formula is C44H34. The van der Waals surface area contributed by atoms with E-state index in [-0.39, 0.29) is 0 Å². The van der Waals surface area contributed by atoms with Crippen LogP contribution in [0.2, 0.25) is 0 Å². The first-order valence-electron chi connectivity index (χ1n) is 15.7. The van der Waals surface area contributed by atoms with E-state index in [9.17, 15) is 0 Å². The lowest BCUT2D eigenvalue weighted by atomic mass is 9.84. The maximum atomic E-state index is 2.43. The van der Waals surface area contributed by atoms with Gasteiger partial charge < -0.3 is 0 Å². The van der Waals surface area contributed by atoms with E-state index in [2.05, 4.69) is 159 Å². The zero-order valence-electron chi connectivity index (χ0n) is 25.3. The molecule has 0 saturated carbocycles. The summed E-state index contributed by atoms with van der Waals surface area (Å²) < 4.78 is 0. The molecule has 0 bridgehead atoms. The topological polar surface area (TPSA) is 0 Å². The van der Waals surface area contributed by atoms with Crippen LogP contribution in [0, 0.1) is 6.92 Å². The molecule has 7 aromatic rings. The predicted molar refractivity (Wildman–Crippen MR) is 191 cm³/mol. The molecule has 7 aromatic carbocycles.